The molecule has 3 nitrogen and oxygen atoms in total. The van der Waals surface area contributed by atoms with Gasteiger partial charge >= 0.3 is 0 Å². The van der Waals surface area contributed by atoms with E-state index in [0.29, 0.717) is 24.8 Å². The van der Waals surface area contributed by atoms with E-state index in [9.17, 15) is 4.79 Å². The van der Waals surface area contributed by atoms with E-state index in [1.807, 2.05) is 19.1 Å². The fraction of sp³-hybridized carbons (Fsp3) is 0.611. The number of hydrogen-bond donors (Lipinski definition) is 2. The number of para-hydroxylation sites is 1. The van der Waals surface area contributed by atoms with Gasteiger partial charge in [0.15, 0.2) is 0 Å². The van der Waals surface area contributed by atoms with Crippen molar-refractivity contribution in [3.63, 3.8) is 0 Å². The summed E-state index contributed by atoms with van der Waals surface area (Å²) in [4.78, 5) is 12.3. The molecular weight excluding hydrogens is 260 g/mol. The smallest absolute Gasteiger partial charge is 0.224 e. The molecule has 0 saturated carbocycles. The molecule has 0 spiro atoms. The lowest BCUT2D eigenvalue weighted by molar-refractivity contribution is -0.117. The molecule has 0 unspecified atom stereocenters. The van der Waals surface area contributed by atoms with Crippen LogP contribution in [0.3, 0.4) is 0 Å². The second-order valence-electron chi connectivity index (χ2n) is 6.68. The monoisotopic (exact) mass is 290 g/mol. The minimum Gasteiger partial charge on any atom is -0.330 e. The van der Waals surface area contributed by atoms with E-state index in [1.54, 1.807) is 0 Å². The highest BCUT2D eigenvalue weighted by atomic mass is 16.1. The molecular formula is C18H30N2O. The molecule has 0 radical (unpaired) electrons. The van der Waals surface area contributed by atoms with Crippen molar-refractivity contribution in [2.75, 3.05) is 11.9 Å². The van der Waals surface area contributed by atoms with E-state index in [1.165, 1.54) is 5.56 Å². The minimum atomic E-state index is 0.0716. The highest BCUT2D eigenvalue weighted by Gasteiger charge is 2.16. The van der Waals surface area contributed by atoms with Gasteiger partial charge in [-0.05, 0) is 48.8 Å². The second kappa shape index (κ2) is 8.18. The summed E-state index contributed by atoms with van der Waals surface area (Å²) in [5.41, 5.74) is 9.07. The first kappa shape index (κ1) is 17.7. The Labute approximate surface area is 129 Å². The van der Waals surface area contributed by atoms with E-state index in [-0.39, 0.29) is 11.8 Å². The summed E-state index contributed by atoms with van der Waals surface area (Å²) in [6, 6.07) is 6.17. The summed E-state index contributed by atoms with van der Waals surface area (Å²) in [5.74, 6) is 1.29. The van der Waals surface area contributed by atoms with Gasteiger partial charge in [0, 0.05) is 12.1 Å². The Morgan fingerprint density at radius 2 is 1.90 bits per heavy atom. The number of nitrogens with one attached hydrogen (secondary N) is 1. The third-order valence-corrected chi connectivity index (χ3v) is 3.80. The molecule has 3 N–H and O–H groups in total. The number of carbonyl (C=O) groups excluding carboxylic acids is 1. The fourth-order valence-corrected chi connectivity index (χ4v) is 2.72. The van der Waals surface area contributed by atoms with Gasteiger partial charge in [0.05, 0.1) is 0 Å². The molecule has 1 aromatic carbocycles. The van der Waals surface area contributed by atoms with Crippen LogP contribution in [0.15, 0.2) is 18.2 Å². The molecule has 118 valence electrons. The summed E-state index contributed by atoms with van der Waals surface area (Å²) in [7, 11) is 0. The third kappa shape index (κ3) is 5.50. The first-order valence-corrected chi connectivity index (χ1v) is 7.94. The van der Waals surface area contributed by atoms with E-state index < -0.39 is 0 Å². The summed E-state index contributed by atoms with van der Waals surface area (Å²) in [5, 5.41) is 3.10. The largest absolute Gasteiger partial charge is 0.330 e. The van der Waals surface area contributed by atoms with Crippen LogP contribution in [0, 0.1) is 18.8 Å². The summed E-state index contributed by atoms with van der Waals surface area (Å²) >= 11 is 0. The number of rotatable bonds is 7. The van der Waals surface area contributed by atoms with Crippen LogP contribution in [0.25, 0.3) is 0 Å². The highest BCUT2D eigenvalue weighted by Crippen LogP contribution is 2.28. The van der Waals surface area contributed by atoms with Crippen molar-refractivity contribution in [2.24, 2.45) is 17.6 Å². The van der Waals surface area contributed by atoms with Crippen LogP contribution in [0.4, 0.5) is 5.69 Å². The Hall–Kier alpha value is -1.35. The van der Waals surface area contributed by atoms with Crippen LogP contribution in [-0.4, -0.2) is 12.5 Å². The summed E-state index contributed by atoms with van der Waals surface area (Å²) in [6.07, 6.45) is 1.50. The fourth-order valence-electron chi connectivity index (χ4n) is 2.72. The molecule has 0 fully saturated rings. The number of hydrogen-bond acceptors (Lipinski definition) is 2. The zero-order chi connectivity index (χ0) is 16.0. The normalized spacial score (nSPS) is 12.8. The maximum absolute atomic E-state index is 12.3. The van der Waals surface area contributed by atoms with Gasteiger partial charge in [-0.2, -0.15) is 0 Å². The van der Waals surface area contributed by atoms with E-state index in [2.05, 4.69) is 39.1 Å². The number of aryl methyl sites for hydroxylation is 1. The van der Waals surface area contributed by atoms with Crippen molar-refractivity contribution >= 4 is 11.6 Å². The van der Waals surface area contributed by atoms with Crippen molar-refractivity contribution in [1.82, 2.24) is 0 Å². The first-order chi connectivity index (χ1) is 9.85. The second-order valence-corrected chi connectivity index (χ2v) is 6.68. The number of carbonyl (C=O) groups is 1. The van der Waals surface area contributed by atoms with E-state index >= 15 is 0 Å². The van der Waals surface area contributed by atoms with Crippen LogP contribution in [-0.2, 0) is 4.79 Å². The molecule has 0 saturated heterocycles. The van der Waals surface area contributed by atoms with Gasteiger partial charge in [-0.15, -0.1) is 0 Å². The minimum absolute atomic E-state index is 0.0716. The molecule has 0 bridgehead atoms. The maximum atomic E-state index is 12.3. The van der Waals surface area contributed by atoms with Crippen LogP contribution < -0.4 is 11.1 Å². The Balaban J connectivity index is 2.79. The number of benzene rings is 1. The lowest BCUT2D eigenvalue weighted by Crippen LogP contribution is -2.24. The lowest BCUT2D eigenvalue weighted by Gasteiger charge is -2.19. The first-order valence-electron chi connectivity index (χ1n) is 7.94. The highest BCUT2D eigenvalue weighted by molar-refractivity contribution is 5.92. The molecule has 0 aromatic heterocycles. The number of anilines is 1. The molecule has 1 atom stereocenters. The van der Waals surface area contributed by atoms with Gasteiger partial charge in [-0.1, -0.05) is 45.9 Å². The Morgan fingerprint density at radius 3 is 2.43 bits per heavy atom. The van der Waals surface area contributed by atoms with Crippen molar-refractivity contribution < 1.29 is 4.79 Å². The van der Waals surface area contributed by atoms with Crippen LogP contribution in [0.5, 0.6) is 0 Å². The van der Waals surface area contributed by atoms with Crippen LogP contribution >= 0.6 is 0 Å². The van der Waals surface area contributed by atoms with Gasteiger partial charge in [0.2, 0.25) is 5.91 Å². The predicted molar refractivity (Wildman–Crippen MR) is 90.5 cm³/mol. The molecule has 0 aliphatic heterocycles. The van der Waals surface area contributed by atoms with Crippen molar-refractivity contribution in [3.05, 3.63) is 29.3 Å². The molecule has 0 aliphatic rings. The van der Waals surface area contributed by atoms with Gasteiger partial charge in [0.1, 0.15) is 0 Å². The average molecular weight is 290 g/mol. The third-order valence-electron chi connectivity index (χ3n) is 3.80. The van der Waals surface area contributed by atoms with Gasteiger partial charge in [0.25, 0.3) is 0 Å². The molecule has 1 amide bonds. The Kier molecular flexibility index (Phi) is 6.90. The van der Waals surface area contributed by atoms with E-state index in [4.69, 9.17) is 5.73 Å². The average Bonchev–Trinajstić information content (AvgIpc) is 2.39. The molecule has 0 aliphatic carbocycles. The zero-order valence-corrected chi connectivity index (χ0v) is 14.1. The SMILES string of the molecule is Cc1cccc(C(C)C)c1NC(=O)C[C@@H](CN)CC(C)C. The van der Waals surface area contributed by atoms with Crippen LogP contribution in [0.2, 0.25) is 0 Å². The molecule has 1 rings (SSSR count). The summed E-state index contributed by atoms with van der Waals surface area (Å²) in [6.45, 7) is 11.2. The maximum Gasteiger partial charge on any atom is 0.224 e. The van der Waals surface area contributed by atoms with Crippen LogP contribution in [0.1, 0.15) is 57.6 Å². The lowest BCUT2D eigenvalue weighted by atomic mass is 9.93. The topological polar surface area (TPSA) is 55.1 Å². The quantitative estimate of drug-likeness (QED) is 0.795. The molecule has 1 aromatic rings. The summed E-state index contributed by atoms with van der Waals surface area (Å²) < 4.78 is 0. The number of amides is 1. The van der Waals surface area contributed by atoms with Crippen molar-refractivity contribution in [2.45, 2.75) is 53.4 Å². The van der Waals surface area contributed by atoms with Gasteiger partial charge in [-0.25, -0.2) is 0 Å². The standard InChI is InChI=1S/C18H30N2O/c1-12(2)9-15(11-19)10-17(21)20-18-14(5)7-6-8-16(18)13(3)4/h6-8,12-13,15H,9-11,19H2,1-5H3,(H,20,21)/t15-/m0/s1. The Morgan fingerprint density at radius 1 is 1.24 bits per heavy atom. The molecule has 3 heteroatoms. The molecule has 0 heterocycles. The predicted octanol–water partition coefficient (Wildman–Crippen LogP) is 4.07. The van der Waals surface area contributed by atoms with Gasteiger partial charge < -0.3 is 11.1 Å². The number of nitrogens with two attached hydrogens (primary N) is 1. The van der Waals surface area contributed by atoms with Crippen molar-refractivity contribution in [1.29, 1.82) is 0 Å². The molecule has 21 heavy (non-hydrogen) atoms. The van der Waals surface area contributed by atoms with Crippen molar-refractivity contribution in [3.8, 4) is 0 Å². The van der Waals surface area contributed by atoms with Gasteiger partial charge in [-0.3, -0.25) is 4.79 Å². The zero-order valence-electron chi connectivity index (χ0n) is 14.1. The Bertz CT molecular complexity index is 466. The van der Waals surface area contributed by atoms with E-state index in [0.717, 1.165) is 17.7 Å².